The Kier molecular flexibility index (Phi) is 2.15. The molecule has 2 nitrogen and oxygen atoms in total. The summed E-state index contributed by atoms with van der Waals surface area (Å²) < 4.78 is 19.0. The molecule has 1 aromatic rings. The van der Waals surface area contributed by atoms with E-state index in [0.717, 1.165) is 18.4 Å². The minimum Gasteiger partial charge on any atom is -0.486 e. The summed E-state index contributed by atoms with van der Waals surface area (Å²) in [5.74, 6) is -0.0808. The Morgan fingerprint density at radius 2 is 2.20 bits per heavy atom. The summed E-state index contributed by atoms with van der Waals surface area (Å²) in [6.07, 6.45) is 1.72. The predicted molar refractivity (Wildman–Crippen MR) is 54.1 cm³/mol. The van der Waals surface area contributed by atoms with E-state index in [1.54, 1.807) is 6.07 Å². The molecule has 0 amide bonds. The summed E-state index contributed by atoms with van der Waals surface area (Å²) in [5, 5.41) is 8.87. The van der Waals surface area contributed by atoms with Gasteiger partial charge in [0, 0.05) is 0 Å². The Morgan fingerprint density at radius 3 is 2.87 bits per heavy atom. The molecule has 0 unspecified atom stereocenters. The quantitative estimate of drug-likeness (QED) is 0.652. The average Bonchev–Trinajstić information content (AvgIpc) is 2.16. The SMILES string of the molecule is CC1(C)CCc2ccc(F)c(C#N)c2O1. The van der Waals surface area contributed by atoms with Crippen molar-refractivity contribution in [2.24, 2.45) is 0 Å². The van der Waals surface area contributed by atoms with Crippen molar-refractivity contribution in [3.63, 3.8) is 0 Å². The van der Waals surface area contributed by atoms with Gasteiger partial charge in [-0.25, -0.2) is 4.39 Å². The molecule has 3 heteroatoms. The van der Waals surface area contributed by atoms with Crippen LogP contribution in [-0.4, -0.2) is 5.60 Å². The number of fused-ring (bicyclic) bond motifs is 1. The van der Waals surface area contributed by atoms with Gasteiger partial charge in [0.1, 0.15) is 28.8 Å². The molecule has 0 aliphatic carbocycles. The van der Waals surface area contributed by atoms with Gasteiger partial charge in [-0.2, -0.15) is 5.26 Å². The van der Waals surface area contributed by atoms with Crippen LogP contribution >= 0.6 is 0 Å². The number of rotatable bonds is 0. The lowest BCUT2D eigenvalue weighted by atomic mass is 9.93. The largest absolute Gasteiger partial charge is 0.486 e. The molecule has 0 saturated carbocycles. The van der Waals surface area contributed by atoms with Gasteiger partial charge in [0.05, 0.1) is 0 Å². The molecule has 1 aromatic carbocycles. The topological polar surface area (TPSA) is 33.0 Å². The molecule has 78 valence electrons. The maximum Gasteiger partial charge on any atom is 0.144 e. The Hall–Kier alpha value is -1.56. The van der Waals surface area contributed by atoms with Crippen molar-refractivity contribution >= 4 is 0 Å². The van der Waals surface area contributed by atoms with Crippen molar-refractivity contribution in [1.82, 2.24) is 0 Å². The van der Waals surface area contributed by atoms with Gasteiger partial charge in [-0.1, -0.05) is 6.07 Å². The minimum absolute atomic E-state index is 0.0280. The summed E-state index contributed by atoms with van der Waals surface area (Å²) in [7, 11) is 0. The van der Waals surface area contributed by atoms with Crippen LogP contribution in [0.1, 0.15) is 31.4 Å². The highest BCUT2D eigenvalue weighted by atomic mass is 19.1. The first-order valence-corrected chi connectivity index (χ1v) is 4.94. The molecule has 0 atom stereocenters. The van der Waals surface area contributed by atoms with Gasteiger partial charge in [0.25, 0.3) is 0 Å². The highest BCUT2D eigenvalue weighted by Crippen LogP contribution is 2.36. The van der Waals surface area contributed by atoms with Gasteiger partial charge >= 0.3 is 0 Å². The lowest BCUT2D eigenvalue weighted by molar-refractivity contribution is 0.0837. The van der Waals surface area contributed by atoms with E-state index in [1.807, 2.05) is 19.9 Å². The average molecular weight is 205 g/mol. The van der Waals surface area contributed by atoms with Gasteiger partial charge in [0.15, 0.2) is 0 Å². The summed E-state index contributed by atoms with van der Waals surface area (Å²) in [6, 6.07) is 4.89. The number of benzene rings is 1. The number of halogens is 1. The third-order valence-electron chi connectivity index (χ3n) is 2.67. The molecule has 15 heavy (non-hydrogen) atoms. The molecule has 0 spiro atoms. The monoisotopic (exact) mass is 205 g/mol. The summed E-state index contributed by atoms with van der Waals surface area (Å²) in [4.78, 5) is 0. The molecular weight excluding hydrogens is 193 g/mol. The van der Waals surface area contributed by atoms with Gasteiger partial charge in [-0.3, -0.25) is 0 Å². The zero-order valence-electron chi connectivity index (χ0n) is 8.80. The van der Waals surface area contributed by atoms with E-state index in [2.05, 4.69) is 0 Å². The van der Waals surface area contributed by atoms with Crippen molar-refractivity contribution in [1.29, 1.82) is 5.26 Å². The Morgan fingerprint density at radius 1 is 1.47 bits per heavy atom. The van der Waals surface area contributed by atoms with E-state index in [0.29, 0.717) is 5.75 Å². The van der Waals surface area contributed by atoms with Crippen molar-refractivity contribution in [3.8, 4) is 11.8 Å². The van der Waals surface area contributed by atoms with Crippen LogP contribution in [0.15, 0.2) is 12.1 Å². The first-order valence-electron chi connectivity index (χ1n) is 4.94. The molecule has 2 rings (SSSR count). The molecule has 0 N–H and O–H groups in total. The standard InChI is InChI=1S/C12H12FNO/c1-12(2)6-5-8-3-4-10(13)9(7-14)11(8)15-12/h3-4H,5-6H2,1-2H3. The van der Waals surface area contributed by atoms with Crippen LogP contribution in [0.4, 0.5) is 4.39 Å². The lowest BCUT2D eigenvalue weighted by Gasteiger charge is -2.33. The maximum atomic E-state index is 13.3. The zero-order chi connectivity index (χ0) is 11.1. The number of hydrogen-bond donors (Lipinski definition) is 0. The fraction of sp³-hybridized carbons (Fsp3) is 0.417. The normalized spacial score (nSPS) is 17.5. The van der Waals surface area contributed by atoms with Crippen LogP contribution in [0, 0.1) is 17.1 Å². The lowest BCUT2D eigenvalue weighted by Crippen LogP contribution is -2.33. The van der Waals surface area contributed by atoms with Crippen LogP contribution < -0.4 is 4.74 Å². The van der Waals surface area contributed by atoms with E-state index in [9.17, 15) is 4.39 Å². The molecular formula is C12H12FNO. The van der Waals surface area contributed by atoms with Crippen LogP contribution in [0.25, 0.3) is 0 Å². The Balaban J connectivity index is 2.56. The summed E-state index contributed by atoms with van der Waals surface area (Å²) in [6.45, 7) is 3.89. The van der Waals surface area contributed by atoms with Crippen LogP contribution in [0.5, 0.6) is 5.75 Å². The first kappa shape index (κ1) is 9.97. The van der Waals surface area contributed by atoms with E-state index < -0.39 is 5.82 Å². The fourth-order valence-corrected chi connectivity index (χ4v) is 1.78. The maximum absolute atomic E-state index is 13.3. The van der Waals surface area contributed by atoms with Gasteiger partial charge in [-0.15, -0.1) is 0 Å². The number of nitriles is 1. The van der Waals surface area contributed by atoms with Gasteiger partial charge in [-0.05, 0) is 38.3 Å². The number of aryl methyl sites for hydroxylation is 1. The molecule has 0 aromatic heterocycles. The summed E-state index contributed by atoms with van der Waals surface area (Å²) >= 11 is 0. The third-order valence-corrected chi connectivity index (χ3v) is 2.67. The van der Waals surface area contributed by atoms with Crippen molar-refractivity contribution < 1.29 is 9.13 Å². The first-order chi connectivity index (χ1) is 7.03. The highest BCUT2D eigenvalue weighted by molar-refractivity contribution is 5.50. The molecule has 1 aliphatic heterocycles. The van der Waals surface area contributed by atoms with Crippen molar-refractivity contribution in [2.45, 2.75) is 32.3 Å². The second kappa shape index (κ2) is 3.23. The number of hydrogen-bond acceptors (Lipinski definition) is 2. The van der Waals surface area contributed by atoms with Crippen LogP contribution in [0.2, 0.25) is 0 Å². The van der Waals surface area contributed by atoms with Gasteiger partial charge < -0.3 is 4.74 Å². The highest BCUT2D eigenvalue weighted by Gasteiger charge is 2.29. The Bertz CT molecular complexity index is 446. The molecule has 1 aliphatic rings. The van der Waals surface area contributed by atoms with Crippen LogP contribution in [0.3, 0.4) is 0 Å². The van der Waals surface area contributed by atoms with E-state index in [-0.39, 0.29) is 11.2 Å². The third kappa shape index (κ3) is 1.68. The molecule has 0 fully saturated rings. The summed E-state index contributed by atoms with van der Waals surface area (Å²) in [5.41, 5.74) is 0.638. The van der Waals surface area contributed by atoms with Crippen LogP contribution in [-0.2, 0) is 6.42 Å². The van der Waals surface area contributed by atoms with E-state index in [4.69, 9.17) is 10.00 Å². The second-order valence-electron chi connectivity index (χ2n) is 4.38. The van der Waals surface area contributed by atoms with Crippen molar-refractivity contribution in [2.75, 3.05) is 0 Å². The molecule has 0 saturated heterocycles. The zero-order valence-corrected chi connectivity index (χ0v) is 8.80. The smallest absolute Gasteiger partial charge is 0.144 e. The second-order valence-corrected chi connectivity index (χ2v) is 4.38. The molecule has 0 bridgehead atoms. The van der Waals surface area contributed by atoms with Crippen molar-refractivity contribution in [3.05, 3.63) is 29.1 Å². The van der Waals surface area contributed by atoms with E-state index >= 15 is 0 Å². The Labute approximate surface area is 88.3 Å². The van der Waals surface area contributed by atoms with E-state index in [1.165, 1.54) is 6.07 Å². The molecule has 0 radical (unpaired) electrons. The number of ether oxygens (including phenoxy) is 1. The van der Waals surface area contributed by atoms with Gasteiger partial charge in [0.2, 0.25) is 0 Å². The molecule has 1 heterocycles. The predicted octanol–water partition coefficient (Wildman–Crippen LogP) is 2.80. The fourth-order valence-electron chi connectivity index (χ4n) is 1.78. The minimum atomic E-state index is -0.506. The number of nitrogens with zero attached hydrogens (tertiary/aromatic N) is 1.